The van der Waals surface area contributed by atoms with Gasteiger partial charge in [-0.2, -0.15) is 4.98 Å². The summed E-state index contributed by atoms with van der Waals surface area (Å²) in [6.45, 7) is 6.31. The van der Waals surface area contributed by atoms with Gasteiger partial charge in [0, 0.05) is 37.0 Å². The van der Waals surface area contributed by atoms with Crippen LogP contribution < -0.4 is 5.32 Å². The van der Waals surface area contributed by atoms with Crippen LogP contribution in [-0.4, -0.2) is 66.9 Å². The predicted molar refractivity (Wildman–Crippen MR) is 138 cm³/mol. The van der Waals surface area contributed by atoms with Crippen molar-refractivity contribution in [1.82, 2.24) is 30.2 Å². The van der Waals surface area contributed by atoms with Gasteiger partial charge in [-0.05, 0) is 30.5 Å². The van der Waals surface area contributed by atoms with Gasteiger partial charge >= 0.3 is 0 Å². The van der Waals surface area contributed by atoms with Gasteiger partial charge in [-0.25, -0.2) is 0 Å². The maximum Gasteiger partial charge on any atom is 0.256 e. The molecule has 11 nitrogen and oxygen atoms in total. The third kappa shape index (κ3) is 4.41. The topological polar surface area (TPSA) is 142 Å². The van der Waals surface area contributed by atoms with E-state index in [1.807, 2.05) is 38.1 Å². The molecular weight excluding hydrogens is 500 g/mol. The first-order valence-electron chi connectivity index (χ1n) is 13.1. The van der Waals surface area contributed by atoms with E-state index in [-0.39, 0.29) is 24.8 Å². The van der Waals surface area contributed by atoms with E-state index in [0.29, 0.717) is 48.7 Å². The van der Waals surface area contributed by atoms with E-state index in [1.54, 1.807) is 12.1 Å². The molecule has 1 aromatic carbocycles. The Morgan fingerprint density at radius 2 is 1.92 bits per heavy atom. The second-order valence-corrected chi connectivity index (χ2v) is 11.2. The molecule has 0 unspecified atom stereocenters. The van der Waals surface area contributed by atoms with Crippen molar-refractivity contribution in [2.24, 2.45) is 5.41 Å². The lowest BCUT2D eigenvalue weighted by Crippen LogP contribution is -2.55. The fraction of sp³-hybridized carbons (Fsp3) is 0.429. The van der Waals surface area contributed by atoms with Gasteiger partial charge in [0.15, 0.2) is 0 Å². The summed E-state index contributed by atoms with van der Waals surface area (Å²) in [6, 6.07) is 10.8. The molecular formula is C28H30N6O5. The molecule has 3 aliphatic rings. The third-order valence-electron chi connectivity index (χ3n) is 8.30. The minimum atomic E-state index is -1.19. The molecule has 2 atom stereocenters. The molecule has 2 fully saturated rings. The highest BCUT2D eigenvalue weighted by Crippen LogP contribution is 2.46. The number of piperidine rings is 2. The summed E-state index contributed by atoms with van der Waals surface area (Å²) in [6.07, 6.45) is 2.28. The zero-order chi connectivity index (χ0) is 27.4. The van der Waals surface area contributed by atoms with Crippen LogP contribution in [0.1, 0.15) is 60.4 Å². The summed E-state index contributed by atoms with van der Waals surface area (Å²) in [5.74, 6) is -0.499. The number of hydrogen-bond acceptors (Lipinski definition) is 9. The van der Waals surface area contributed by atoms with Crippen LogP contribution in [0.3, 0.4) is 0 Å². The number of aromatic nitrogens is 3. The summed E-state index contributed by atoms with van der Waals surface area (Å²) in [7, 11) is 0. The van der Waals surface area contributed by atoms with Gasteiger partial charge in [0.2, 0.25) is 24.0 Å². The Labute approximate surface area is 225 Å². The van der Waals surface area contributed by atoms with Crippen LogP contribution in [0.4, 0.5) is 0 Å². The standard InChI is InChI=1S/C28H30N6O5/c1-27(2)15-33(13-17-3-5-18(6-4-17)24-29-16-39-32-24)12-11-28(27,38)22-9-7-19-20(30-22)14-34(26(19)37)21-8-10-23(35)31-25(21)36/h3-7,9,16,21,38H,8,10-15H2,1-2H3,(H,31,35,36)/t21-,28-/m1/s1. The van der Waals surface area contributed by atoms with Crippen molar-refractivity contribution in [3.63, 3.8) is 0 Å². The molecule has 2 saturated heterocycles. The number of likely N-dealkylation sites (tertiary alicyclic amines) is 1. The van der Waals surface area contributed by atoms with E-state index < -0.39 is 23.0 Å². The molecule has 3 aromatic rings. The minimum Gasteiger partial charge on any atom is -0.383 e. The smallest absolute Gasteiger partial charge is 0.256 e. The number of carbonyl (C=O) groups is 3. The Balaban J connectivity index is 1.16. The average Bonchev–Trinajstić information content (AvgIpc) is 3.55. The summed E-state index contributed by atoms with van der Waals surface area (Å²) in [5, 5.41) is 18.2. The number of fused-ring (bicyclic) bond motifs is 1. The molecule has 0 radical (unpaired) electrons. The maximum atomic E-state index is 13.1. The SMILES string of the molecule is CC1(C)CN(Cc2ccc(-c3ncon3)cc2)CC[C@@]1(O)c1ccc2c(n1)CN([C@@H]1CCC(=O)NC1=O)C2=O. The van der Waals surface area contributed by atoms with Crippen LogP contribution in [0, 0.1) is 5.41 Å². The van der Waals surface area contributed by atoms with E-state index in [0.717, 1.165) is 17.7 Å². The maximum absolute atomic E-state index is 13.1. The lowest BCUT2D eigenvalue weighted by Gasteiger charge is -2.50. The number of amides is 3. The van der Waals surface area contributed by atoms with E-state index in [1.165, 1.54) is 11.3 Å². The quantitative estimate of drug-likeness (QED) is 0.474. The van der Waals surface area contributed by atoms with Crippen molar-refractivity contribution in [3.8, 4) is 11.4 Å². The minimum absolute atomic E-state index is 0.177. The number of rotatable bonds is 5. The highest BCUT2D eigenvalue weighted by atomic mass is 16.5. The van der Waals surface area contributed by atoms with Crippen LogP contribution in [0.25, 0.3) is 11.4 Å². The van der Waals surface area contributed by atoms with Crippen molar-refractivity contribution in [2.45, 2.75) is 57.8 Å². The Hall–Kier alpha value is -3.96. The van der Waals surface area contributed by atoms with Gasteiger partial charge in [-0.1, -0.05) is 43.3 Å². The monoisotopic (exact) mass is 530 g/mol. The van der Waals surface area contributed by atoms with Crippen LogP contribution in [-0.2, 0) is 28.3 Å². The second kappa shape index (κ2) is 9.35. The van der Waals surface area contributed by atoms with Crippen LogP contribution >= 0.6 is 0 Å². The average molecular weight is 531 g/mol. The van der Waals surface area contributed by atoms with Gasteiger partial charge in [-0.15, -0.1) is 0 Å². The Morgan fingerprint density at radius 1 is 1.13 bits per heavy atom. The highest BCUT2D eigenvalue weighted by Gasteiger charge is 2.50. The van der Waals surface area contributed by atoms with Crippen LogP contribution in [0.5, 0.6) is 0 Å². The Bertz CT molecular complexity index is 1440. The van der Waals surface area contributed by atoms with Crippen LogP contribution in [0.2, 0.25) is 0 Å². The molecule has 2 N–H and O–H groups in total. The van der Waals surface area contributed by atoms with Crippen molar-refractivity contribution < 1.29 is 24.0 Å². The van der Waals surface area contributed by atoms with E-state index in [9.17, 15) is 19.5 Å². The summed E-state index contributed by atoms with van der Waals surface area (Å²) in [5.41, 5.74) is 1.84. The molecule has 6 rings (SSSR count). The first-order valence-corrected chi connectivity index (χ1v) is 13.1. The lowest BCUT2D eigenvalue weighted by molar-refractivity contribution is -0.137. The van der Waals surface area contributed by atoms with Crippen molar-refractivity contribution in [2.75, 3.05) is 13.1 Å². The van der Waals surface area contributed by atoms with Gasteiger partial charge < -0.3 is 14.5 Å². The number of pyridine rings is 1. The first kappa shape index (κ1) is 25.3. The molecule has 39 heavy (non-hydrogen) atoms. The number of nitrogens with one attached hydrogen (secondary N) is 1. The second-order valence-electron chi connectivity index (χ2n) is 11.2. The molecule has 0 saturated carbocycles. The van der Waals surface area contributed by atoms with Crippen molar-refractivity contribution in [1.29, 1.82) is 0 Å². The Kier molecular flexibility index (Phi) is 6.07. The molecule has 0 bridgehead atoms. The van der Waals surface area contributed by atoms with Gasteiger partial charge in [0.25, 0.3) is 5.91 Å². The number of imide groups is 1. The van der Waals surface area contributed by atoms with Gasteiger partial charge in [0.1, 0.15) is 11.6 Å². The van der Waals surface area contributed by atoms with Crippen LogP contribution in [0.15, 0.2) is 47.3 Å². The number of aliphatic hydroxyl groups is 1. The zero-order valence-electron chi connectivity index (χ0n) is 21.9. The fourth-order valence-electron chi connectivity index (χ4n) is 6.02. The molecule has 0 aliphatic carbocycles. The van der Waals surface area contributed by atoms with E-state index in [4.69, 9.17) is 9.51 Å². The Morgan fingerprint density at radius 3 is 2.62 bits per heavy atom. The molecule has 2 aromatic heterocycles. The van der Waals surface area contributed by atoms with Gasteiger partial charge in [0.05, 0.1) is 23.5 Å². The largest absolute Gasteiger partial charge is 0.383 e. The lowest BCUT2D eigenvalue weighted by atomic mass is 9.68. The first-order chi connectivity index (χ1) is 18.6. The summed E-state index contributed by atoms with van der Waals surface area (Å²) in [4.78, 5) is 49.6. The zero-order valence-corrected chi connectivity index (χ0v) is 21.9. The number of hydrogen-bond donors (Lipinski definition) is 2. The molecule has 0 spiro atoms. The summed E-state index contributed by atoms with van der Waals surface area (Å²) < 4.78 is 4.83. The molecule has 11 heteroatoms. The molecule has 3 aliphatic heterocycles. The molecule has 5 heterocycles. The summed E-state index contributed by atoms with van der Waals surface area (Å²) >= 11 is 0. The normalized spacial score (nSPS) is 25.1. The number of benzene rings is 1. The highest BCUT2D eigenvalue weighted by molar-refractivity contribution is 6.05. The number of carbonyl (C=O) groups excluding carboxylic acids is 3. The van der Waals surface area contributed by atoms with Crippen molar-refractivity contribution >= 4 is 17.7 Å². The molecule has 3 amide bonds. The third-order valence-corrected chi connectivity index (χ3v) is 8.30. The molecule has 202 valence electrons. The van der Waals surface area contributed by atoms with E-state index >= 15 is 0 Å². The van der Waals surface area contributed by atoms with Crippen molar-refractivity contribution in [3.05, 3.63) is 65.3 Å². The fourth-order valence-corrected chi connectivity index (χ4v) is 6.02. The van der Waals surface area contributed by atoms with Gasteiger partial charge in [-0.3, -0.25) is 29.6 Å². The number of nitrogens with zero attached hydrogens (tertiary/aromatic N) is 5. The predicted octanol–water partition coefficient (Wildman–Crippen LogP) is 2.01. The van der Waals surface area contributed by atoms with E-state index in [2.05, 4.69) is 20.4 Å².